The molecule has 1 heterocycles. The number of hydrogen-bond acceptors (Lipinski definition) is 2. The van der Waals surface area contributed by atoms with E-state index in [1.807, 2.05) is 11.3 Å². The third kappa shape index (κ3) is 2.34. The van der Waals surface area contributed by atoms with Crippen molar-refractivity contribution < 1.29 is 0 Å². The van der Waals surface area contributed by atoms with Crippen LogP contribution in [0, 0.1) is 0 Å². The molecule has 0 saturated heterocycles. The average Bonchev–Trinajstić information content (AvgIpc) is 3.05. The van der Waals surface area contributed by atoms with Crippen molar-refractivity contribution in [3.05, 3.63) is 47.3 Å². The van der Waals surface area contributed by atoms with Gasteiger partial charge in [-0.3, -0.25) is 0 Å². The topological polar surface area (TPSA) is 12.0 Å². The van der Waals surface area contributed by atoms with E-state index in [0.717, 1.165) is 12.6 Å². The second-order valence-electron chi connectivity index (χ2n) is 4.34. The van der Waals surface area contributed by atoms with Gasteiger partial charge in [0.2, 0.25) is 0 Å². The molecule has 16 heavy (non-hydrogen) atoms. The minimum Gasteiger partial charge on any atom is -0.310 e. The highest BCUT2D eigenvalue weighted by molar-refractivity contribution is 7.13. The van der Waals surface area contributed by atoms with Crippen LogP contribution in [0.2, 0.25) is 0 Å². The van der Waals surface area contributed by atoms with Crippen LogP contribution in [0.4, 0.5) is 0 Å². The summed E-state index contributed by atoms with van der Waals surface area (Å²) in [4.78, 5) is 1.37. The lowest BCUT2D eigenvalue weighted by Gasteiger charge is -1.98. The minimum atomic E-state index is 0.792. The summed E-state index contributed by atoms with van der Waals surface area (Å²) in [6.07, 6.45) is 2.71. The Morgan fingerprint density at radius 1 is 1.19 bits per heavy atom. The van der Waals surface area contributed by atoms with E-state index < -0.39 is 0 Å². The largest absolute Gasteiger partial charge is 0.310 e. The van der Waals surface area contributed by atoms with Crippen molar-refractivity contribution in [3.8, 4) is 10.4 Å². The molecule has 2 aromatic rings. The highest BCUT2D eigenvalue weighted by atomic mass is 32.1. The van der Waals surface area contributed by atoms with Gasteiger partial charge in [-0.2, -0.15) is 0 Å². The lowest BCUT2D eigenvalue weighted by Crippen LogP contribution is -2.14. The lowest BCUT2D eigenvalue weighted by atomic mass is 10.2. The summed E-state index contributed by atoms with van der Waals surface area (Å²) in [5, 5.41) is 5.81. The van der Waals surface area contributed by atoms with Gasteiger partial charge in [0.15, 0.2) is 0 Å². The van der Waals surface area contributed by atoms with E-state index in [1.54, 1.807) is 0 Å². The first-order valence-electron chi connectivity index (χ1n) is 5.78. The van der Waals surface area contributed by atoms with E-state index in [2.05, 4.69) is 47.1 Å². The molecule has 2 heteroatoms. The van der Waals surface area contributed by atoms with E-state index in [0.29, 0.717) is 0 Å². The molecule has 0 aliphatic heterocycles. The van der Waals surface area contributed by atoms with E-state index in [4.69, 9.17) is 0 Å². The lowest BCUT2D eigenvalue weighted by molar-refractivity contribution is 0.689. The Kier molecular flexibility index (Phi) is 2.77. The number of benzene rings is 1. The standard InChI is InChI=1S/C14H15NS/c1-2-4-12(5-3-1)14-8-11(10-16-14)9-15-13-6-7-13/h1-5,8,10,13,15H,6-7,9H2. The molecule has 1 N–H and O–H groups in total. The zero-order valence-corrected chi connectivity index (χ0v) is 9.96. The molecule has 0 atom stereocenters. The molecule has 0 bridgehead atoms. The van der Waals surface area contributed by atoms with Gasteiger partial charge < -0.3 is 5.32 Å². The van der Waals surface area contributed by atoms with Crippen molar-refractivity contribution in [1.29, 1.82) is 0 Å². The first-order valence-corrected chi connectivity index (χ1v) is 6.66. The maximum Gasteiger partial charge on any atom is 0.0346 e. The molecule has 1 aliphatic rings. The zero-order valence-electron chi connectivity index (χ0n) is 9.15. The van der Waals surface area contributed by atoms with E-state index in [9.17, 15) is 0 Å². The fraction of sp³-hybridized carbons (Fsp3) is 0.286. The van der Waals surface area contributed by atoms with Crippen molar-refractivity contribution in [3.63, 3.8) is 0 Å². The number of hydrogen-bond donors (Lipinski definition) is 1. The predicted molar refractivity (Wildman–Crippen MR) is 69.6 cm³/mol. The highest BCUT2D eigenvalue weighted by Gasteiger charge is 2.20. The van der Waals surface area contributed by atoms with Gasteiger partial charge in [0, 0.05) is 17.5 Å². The van der Waals surface area contributed by atoms with E-state index in [1.165, 1.54) is 28.8 Å². The van der Waals surface area contributed by atoms with Gasteiger partial charge >= 0.3 is 0 Å². The molecule has 82 valence electrons. The van der Waals surface area contributed by atoms with Gasteiger partial charge in [0.25, 0.3) is 0 Å². The summed E-state index contributed by atoms with van der Waals surface area (Å²) in [7, 11) is 0. The number of nitrogens with one attached hydrogen (secondary N) is 1. The second-order valence-corrected chi connectivity index (χ2v) is 5.25. The molecule has 1 aliphatic carbocycles. The predicted octanol–water partition coefficient (Wildman–Crippen LogP) is 3.67. The Morgan fingerprint density at radius 3 is 2.75 bits per heavy atom. The Balaban J connectivity index is 1.71. The second kappa shape index (κ2) is 4.40. The van der Waals surface area contributed by atoms with E-state index in [-0.39, 0.29) is 0 Å². The monoisotopic (exact) mass is 229 g/mol. The molecule has 1 fully saturated rings. The maximum absolute atomic E-state index is 3.54. The molecule has 0 unspecified atom stereocenters. The van der Waals surface area contributed by atoms with Crippen LogP contribution in [0.15, 0.2) is 41.8 Å². The molecule has 0 spiro atoms. The Hall–Kier alpha value is -1.12. The van der Waals surface area contributed by atoms with Gasteiger partial charge in [-0.15, -0.1) is 11.3 Å². The van der Waals surface area contributed by atoms with Crippen molar-refractivity contribution in [2.24, 2.45) is 0 Å². The van der Waals surface area contributed by atoms with Crippen LogP contribution in [-0.2, 0) is 6.54 Å². The summed E-state index contributed by atoms with van der Waals surface area (Å²) in [6, 6.07) is 13.7. The van der Waals surface area contributed by atoms with Gasteiger partial charge in [-0.1, -0.05) is 30.3 Å². The van der Waals surface area contributed by atoms with Gasteiger partial charge in [-0.05, 0) is 35.4 Å². The molecule has 1 aromatic heterocycles. The van der Waals surface area contributed by atoms with Gasteiger partial charge in [0.1, 0.15) is 0 Å². The Morgan fingerprint density at radius 2 is 2.00 bits per heavy atom. The molecule has 1 aromatic carbocycles. The number of thiophene rings is 1. The van der Waals surface area contributed by atoms with Crippen LogP contribution in [0.25, 0.3) is 10.4 Å². The fourth-order valence-electron chi connectivity index (χ4n) is 1.77. The summed E-state index contributed by atoms with van der Waals surface area (Å²) in [5.74, 6) is 0. The molecular formula is C14H15NS. The van der Waals surface area contributed by atoms with Crippen LogP contribution in [-0.4, -0.2) is 6.04 Å². The van der Waals surface area contributed by atoms with Crippen molar-refractivity contribution in [2.75, 3.05) is 0 Å². The highest BCUT2D eigenvalue weighted by Crippen LogP contribution is 2.27. The van der Waals surface area contributed by atoms with Crippen LogP contribution >= 0.6 is 11.3 Å². The quantitative estimate of drug-likeness (QED) is 0.843. The summed E-state index contributed by atoms with van der Waals surface area (Å²) < 4.78 is 0. The summed E-state index contributed by atoms with van der Waals surface area (Å²) in [5.41, 5.74) is 2.74. The molecule has 1 nitrogen and oxygen atoms in total. The molecule has 3 rings (SSSR count). The smallest absolute Gasteiger partial charge is 0.0346 e. The van der Waals surface area contributed by atoms with Crippen LogP contribution in [0.5, 0.6) is 0 Å². The molecule has 0 radical (unpaired) electrons. The number of rotatable bonds is 4. The Labute approximate surface area is 100 Å². The van der Waals surface area contributed by atoms with Crippen LogP contribution < -0.4 is 5.32 Å². The summed E-state index contributed by atoms with van der Waals surface area (Å²) >= 11 is 1.83. The van der Waals surface area contributed by atoms with Crippen LogP contribution in [0.3, 0.4) is 0 Å². The van der Waals surface area contributed by atoms with Crippen molar-refractivity contribution in [2.45, 2.75) is 25.4 Å². The molecule has 1 saturated carbocycles. The third-order valence-corrected chi connectivity index (χ3v) is 3.91. The minimum absolute atomic E-state index is 0.792. The first kappa shape index (κ1) is 10.1. The normalized spacial score (nSPS) is 15.2. The molecular weight excluding hydrogens is 214 g/mol. The third-order valence-electron chi connectivity index (χ3n) is 2.88. The molecule has 0 amide bonds. The van der Waals surface area contributed by atoms with Crippen LogP contribution in [0.1, 0.15) is 18.4 Å². The van der Waals surface area contributed by atoms with Crippen molar-refractivity contribution >= 4 is 11.3 Å². The SMILES string of the molecule is c1ccc(-c2cc(CNC3CC3)cs2)cc1. The van der Waals surface area contributed by atoms with Gasteiger partial charge in [-0.25, -0.2) is 0 Å². The maximum atomic E-state index is 3.54. The first-order chi connectivity index (χ1) is 7.92. The fourth-order valence-corrected chi connectivity index (χ4v) is 2.69. The summed E-state index contributed by atoms with van der Waals surface area (Å²) in [6.45, 7) is 1.02. The van der Waals surface area contributed by atoms with Crippen molar-refractivity contribution in [1.82, 2.24) is 5.32 Å². The van der Waals surface area contributed by atoms with Gasteiger partial charge in [0.05, 0.1) is 0 Å². The Bertz CT molecular complexity index is 457. The average molecular weight is 229 g/mol. The van der Waals surface area contributed by atoms with E-state index >= 15 is 0 Å². The zero-order chi connectivity index (χ0) is 10.8.